The predicted octanol–water partition coefficient (Wildman–Crippen LogP) is 4.47. The second kappa shape index (κ2) is 4.60. The molecule has 0 N–H and O–H groups in total. The zero-order valence-electron chi connectivity index (χ0n) is 9.19. The first kappa shape index (κ1) is 10.4. The molecule has 0 aliphatic carbocycles. The van der Waals surface area contributed by atoms with E-state index >= 15 is 0 Å². The van der Waals surface area contributed by atoms with Crippen LogP contribution >= 0.6 is 22.7 Å². The maximum absolute atomic E-state index is 2.53. The predicted molar refractivity (Wildman–Crippen MR) is 73.7 cm³/mol. The lowest BCUT2D eigenvalue weighted by molar-refractivity contribution is 0.580. The number of rotatable bonds is 2. The first-order valence-electron chi connectivity index (χ1n) is 5.82. The molecule has 0 amide bonds. The molecular weight excluding hydrogens is 234 g/mol. The van der Waals surface area contributed by atoms with E-state index < -0.39 is 0 Å². The van der Waals surface area contributed by atoms with E-state index in [0.29, 0.717) is 0 Å². The summed E-state index contributed by atoms with van der Waals surface area (Å²) >= 11 is 3.76. The molecule has 1 saturated heterocycles. The number of hydrogen-bond acceptors (Lipinski definition) is 3. The normalized spacial score (nSPS) is 16.6. The molecule has 3 heteroatoms. The van der Waals surface area contributed by atoms with E-state index in [4.69, 9.17) is 0 Å². The lowest BCUT2D eigenvalue weighted by Crippen LogP contribution is -2.28. The van der Waals surface area contributed by atoms with Gasteiger partial charge in [-0.25, -0.2) is 0 Å². The first-order valence-corrected chi connectivity index (χ1v) is 7.52. The topological polar surface area (TPSA) is 3.24 Å². The van der Waals surface area contributed by atoms with Gasteiger partial charge in [-0.05, 0) is 42.8 Å². The van der Waals surface area contributed by atoms with Crippen molar-refractivity contribution in [3.05, 3.63) is 29.6 Å². The van der Waals surface area contributed by atoms with E-state index in [9.17, 15) is 0 Å². The Balaban J connectivity index is 1.82. The van der Waals surface area contributed by atoms with E-state index in [1.165, 1.54) is 47.1 Å². The number of hydrogen-bond donors (Lipinski definition) is 0. The van der Waals surface area contributed by atoms with E-state index in [-0.39, 0.29) is 0 Å². The van der Waals surface area contributed by atoms with Gasteiger partial charge in [0, 0.05) is 22.8 Å². The van der Waals surface area contributed by atoms with Crippen molar-refractivity contribution >= 4 is 27.7 Å². The molecule has 0 unspecified atom stereocenters. The van der Waals surface area contributed by atoms with Gasteiger partial charge in [-0.2, -0.15) is 0 Å². The molecule has 0 radical (unpaired) electrons. The molecule has 0 saturated carbocycles. The van der Waals surface area contributed by atoms with Crippen molar-refractivity contribution in [1.29, 1.82) is 0 Å². The fourth-order valence-electron chi connectivity index (χ4n) is 2.16. The molecule has 0 aromatic carbocycles. The zero-order valence-corrected chi connectivity index (χ0v) is 10.8. The Labute approximate surface area is 104 Å². The Hall–Kier alpha value is -0.800. The number of nitrogens with zero attached hydrogens (tertiary/aromatic N) is 1. The van der Waals surface area contributed by atoms with Gasteiger partial charge in [-0.3, -0.25) is 0 Å². The van der Waals surface area contributed by atoms with Crippen LogP contribution in [0, 0.1) is 0 Å². The van der Waals surface area contributed by atoms with Crippen molar-refractivity contribution in [2.75, 3.05) is 18.0 Å². The maximum atomic E-state index is 2.53. The van der Waals surface area contributed by atoms with E-state index in [1.54, 1.807) is 0 Å². The van der Waals surface area contributed by atoms with Crippen LogP contribution < -0.4 is 4.90 Å². The molecule has 0 spiro atoms. The molecular formula is C13H15NS2. The number of anilines is 1. The quantitative estimate of drug-likeness (QED) is 0.759. The molecule has 84 valence electrons. The van der Waals surface area contributed by atoms with Crippen molar-refractivity contribution < 1.29 is 0 Å². The molecule has 2 aromatic rings. The van der Waals surface area contributed by atoms with Gasteiger partial charge in [0.05, 0.1) is 5.00 Å². The van der Waals surface area contributed by atoms with Crippen molar-refractivity contribution in [1.82, 2.24) is 0 Å². The Bertz CT molecular complexity index is 438. The molecule has 1 aliphatic heterocycles. The summed E-state index contributed by atoms with van der Waals surface area (Å²) in [4.78, 5) is 5.34. The van der Waals surface area contributed by atoms with Crippen LogP contribution in [-0.4, -0.2) is 13.1 Å². The van der Waals surface area contributed by atoms with Crippen LogP contribution in [0.15, 0.2) is 29.6 Å². The van der Waals surface area contributed by atoms with E-state index in [2.05, 4.69) is 34.5 Å². The summed E-state index contributed by atoms with van der Waals surface area (Å²) < 4.78 is 0. The lowest BCUT2D eigenvalue weighted by atomic mass is 10.1. The largest absolute Gasteiger partial charge is 0.363 e. The van der Waals surface area contributed by atoms with Crippen molar-refractivity contribution in [2.24, 2.45) is 0 Å². The lowest BCUT2D eigenvalue weighted by Gasteiger charge is -2.27. The number of thiophene rings is 2. The summed E-state index contributed by atoms with van der Waals surface area (Å²) in [6.45, 7) is 2.48. The minimum atomic E-state index is 1.24. The van der Waals surface area contributed by atoms with E-state index in [0.717, 1.165) is 0 Å². The fraction of sp³-hybridized carbons (Fsp3) is 0.385. The van der Waals surface area contributed by atoms with Gasteiger partial charge in [-0.1, -0.05) is 6.07 Å². The maximum Gasteiger partial charge on any atom is 0.0915 e. The average molecular weight is 249 g/mol. The highest BCUT2D eigenvalue weighted by Crippen LogP contribution is 2.36. The van der Waals surface area contributed by atoms with Crippen LogP contribution in [0.25, 0.3) is 9.75 Å². The Morgan fingerprint density at radius 1 is 0.938 bits per heavy atom. The molecule has 0 bridgehead atoms. The first-order chi connectivity index (χ1) is 7.93. The summed E-state index contributed by atoms with van der Waals surface area (Å²) in [7, 11) is 0. The fourth-order valence-corrected chi connectivity index (χ4v) is 4.06. The Kier molecular flexibility index (Phi) is 2.98. The Morgan fingerprint density at radius 3 is 2.56 bits per heavy atom. The highest BCUT2D eigenvalue weighted by Gasteiger charge is 2.13. The third-order valence-corrected chi connectivity index (χ3v) is 5.24. The van der Waals surface area contributed by atoms with Crippen LogP contribution in [0.2, 0.25) is 0 Å². The summed E-state index contributed by atoms with van der Waals surface area (Å²) in [5.74, 6) is 0. The summed E-state index contributed by atoms with van der Waals surface area (Å²) in [6, 6.07) is 8.88. The van der Waals surface area contributed by atoms with Gasteiger partial charge in [0.1, 0.15) is 0 Å². The van der Waals surface area contributed by atoms with Gasteiger partial charge < -0.3 is 4.90 Å². The van der Waals surface area contributed by atoms with Gasteiger partial charge in [0.25, 0.3) is 0 Å². The molecule has 16 heavy (non-hydrogen) atoms. The second-order valence-electron chi connectivity index (χ2n) is 4.16. The average Bonchev–Trinajstić information content (AvgIpc) is 3.01. The monoisotopic (exact) mass is 249 g/mol. The van der Waals surface area contributed by atoms with Gasteiger partial charge >= 0.3 is 0 Å². The molecule has 3 heterocycles. The molecule has 2 aromatic heterocycles. The second-order valence-corrected chi connectivity index (χ2v) is 6.17. The van der Waals surface area contributed by atoms with Crippen LogP contribution in [0.5, 0.6) is 0 Å². The van der Waals surface area contributed by atoms with Crippen LogP contribution in [-0.2, 0) is 0 Å². The number of piperidine rings is 1. The SMILES string of the molecule is c1csc(-c2ccc(N3CCCCC3)s2)c1. The standard InChI is InChI=1S/C13H15NS2/c1-2-8-14(9-3-1)13-7-6-12(16-13)11-5-4-10-15-11/h4-7,10H,1-3,8-9H2. The molecule has 1 nitrogen and oxygen atoms in total. The van der Waals surface area contributed by atoms with Crippen molar-refractivity contribution in [3.8, 4) is 9.75 Å². The summed E-state index contributed by atoms with van der Waals surface area (Å²) in [5, 5.41) is 3.60. The minimum Gasteiger partial charge on any atom is -0.363 e. The van der Waals surface area contributed by atoms with Crippen molar-refractivity contribution in [3.63, 3.8) is 0 Å². The smallest absolute Gasteiger partial charge is 0.0915 e. The van der Waals surface area contributed by atoms with Gasteiger partial charge in [0.2, 0.25) is 0 Å². The van der Waals surface area contributed by atoms with Crippen LogP contribution in [0.1, 0.15) is 19.3 Å². The highest BCUT2D eigenvalue weighted by molar-refractivity contribution is 7.23. The van der Waals surface area contributed by atoms with Crippen molar-refractivity contribution in [2.45, 2.75) is 19.3 Å². The summed E-state index contributed by atoms with van der Waals surface area (Å²) in [5.41, 5.74) is 0. The minimum absolute atomic E-state index is 1.24. The molecule has 1 fully saturated rings. The molecule has 3 rings (SSSR count). The van der Waals surface area contributed by atoms with Gasteiger partial charge in [-0.15, -0.1) is 22.7 Å². The third-order valence-electron chi connectivity index (χ3n) is 3.02. The van der Waals surface area contributed by atoms with Gasteiger partial charge in [0.15, 0.2) is 0 Å². The third kappa shape index (κ3) is 2.02. The Morgan fingerprint density at radius 2 is 1.81 bits per heavy atom. The molecule has 0 atom stereocenters. The van der Waals surface area contributed by atoms with E-state index in [1.807, 2.05) is 22.7 Å². The highest BCUT2D eigenvalue weighted by atomic mass is 32.1. The molecule has 1 aliphatic rings. The zero-order chi connectivity index (χ0) is 10.8. The van der Waals surface area contributed by atoms with Crippen LogP contribution in [0.4, 0.5) is 5.00 Å². The van der Waals surface area contributed by atoms with Crippen LogP contribution in [0.3, 0.4) is 0 Å². The summed E-state index contributed by atoms with van der Waals surface area (Å²) in [6.07, 6.45) is 4.11.